The van der Waals surface area contributed by atoms with Crippen LogP contribution in [0.5, 0.6) is 0 Å². The Hall–Kier alpha value is -2.34. The molecule has 6 heteroatoms. The number of carbonyl (C=O) groups excluding carboxylic acids is 1. The first-order chi connectivity index (χ1) is 10.8. The molecule has 1 aromatic carbocycles. The first-order valence-corrected chi connectivity index (χ1v) is 7.52. The molecule has 2 heterocycles. The summed E-state index contributed by atoms with van der Waals surface area (Å²) in [5.74, 6) is 0. The quantitative estimate of drug-likeness (QED) is 0.900. The first kappa shape index (κ1) is 14.6. The van der Waals surface area contributed by atoms with Gasteiger partial charge in [-0.15, -0.1) is 0 Å². The molecule has 1 atom stereocenters. The van der Waals surface area contributed by atoms with Crippen molar-refractivity contribution in [1.29, 1.82) is 0 Å². The van der Waals surface area contributed by atoms with Crippen LogP contribution in [-0.2, 0) is 6.54 Å². The number of urea groups is 1. The van der Waals surface area contributed by atoms with Gasteiger partial charge in [0, 0.05) is 25.5 Å². The van der Waals surface area contributed by atoms with E-state index in [-0.39, 0.29) is 18.7 Å². The lowest BCUT2D eigenvalue weighted by Crippen LogP contribution is -2.43. The van der Waals surface area contributed by atoms with Gasteiger partial charge in [0.05, 0.1) is 18.3 Å². The van der Waals surface area contributed by atoms with Gasteiger partial charge in [-0.05, 0) is 36.6 Å². The fourth-order valence-electron chi connectivity index (χ4n) is 2.76. The van der Waals surface area contributed by atoms with E-state index in [0.29, 0.717) is 6.54 Å². The standard InChI is InChI=1S/C16H20N4O2/c21-12-15-3-1-9-19(15)16(22)17-11-13-4-6-14(7-5-13)20-10-2-8-18-20/h2,4-8,10,15,21H,1,3,9,11-12H2,(H,17,22). The summed E-state index contributed by atoms with van der Waals surface area (Å²) in [6, 6.07) is 9.63. The lowest BCUT2D eigenvalue weighted by atomic mass is 10.2. The van der Waals surface area contributed by atoms with Gasteiger partial charge in [-0.2, -0.15) is 5.10 Å². The molecule has 0 bridgehead atoms. The van der Waals surface area contributed by atoms with Gasteiger partial charge in [0.1, 0.15) is 0 Å². The molecule has 22 heavy (non-hydrogen) atoms. The Morgan fingerprint density at radius 2 is 2.18 bits per heavy atom. The van der Waals surface area contributed by atoms with Crippen molar-refractivity contribution in [3.05, 3.63) is 48.3 Å². The Morgan fingerprint density at radius 1 is 1.36 bits per heavy atom. The number of rotatable bonds is 4. The topological polar surface area (TPSA) is 70.4 Å². The van der Waals surface area contributed by atoms with Gasteiger partial charge in [-0.1, -0.05) is 12.1 Å². The van der Waals surface area contributed by atoms with Gasteiger partial charge in [0.15, 0.2) is 0 Å². The van der Waals surface area contributed by atoms with Crippen LogP contribution in [0.3, 0.4) is 0 Å². The van der Waals surface area contributed by atoms with Crippen LogP contribution in [0, 0.1) is 0 Å². The van der Waals surface area contributed by atoms with Gasteiger partial charge < -0.3 is 15.3 Å². The highest BCUT2D eigenvalue weighted by Gasteiger charge is 2.27. The van der Waals surface area contributed by atoms with Crippen LogP contribution >= 0.6 is 0 Å². The summed E-state index contributed by atoms with van der Waals surface area (Å²) < 4.78 is 1.79. The number of carbonyl (C=O) groups is 1. The maximum Gasteiger partial charge on any atom is 0.317 e. The van der Waals surface area contributed by atoms with Crippen LogP contribution in [0.25, 0.3) is 5.69 Å². The molecular formula is C16H20N4O2. The molecule has 0 saturated carbocycles. The smallest absolute Gasteiger partial charge is 0.317 e. The van der Waals surface area contributed by atoms with Crippen LogP contribution in [0.2, 0.25) is 0 Å². The van der Waals surface area contributed by atoms with Crippen LogP contribution in [-0.4, -0.2) is 45.0 Å². The Bertz CT molecular complexity index is 610. The Kier molecular flexibility index (Phi) is 4.39. The van der Waals surface area contributed by atoms with E-state index in [2.05, 4.69) is 10.4 Å². The molecule has 1 aliphatic rings. The molecular weight excluding hydrogens is 280 g/mol. The lowest BCUT2D eigenvalue weighted by Gasteiger charge is -2.23. The van der Waals surface area contributed by atoms with Crippen LogP contribution in [0.4, 0.5) is 4.79 Å². The van der Waals surface area contributed by atoms with Crippen molar-refractivity contribution in [2.24, 2.45) is 0 Å². The second-order valence-corrected chi connectivity index (χ2v) is 5.45. The van der Waals surface area contributed by atoms with E-state index in [1.807, 2.05) is 36.5 Å². The van der Waals surface area contributed by atoms with E-state index in [0.717, 1.165) is 30.6 Å². The monoisotopic (exact) mass is 300 g/mol. The molecule has 1 saturated heterocycles. The minimum absolute atomic E-state index is 0.0337. The van der Waals surface area contributed by atoms with Crippen LogP contribution < -0.4 is 5.32 Å². The maximum atomic E-state index is 12.1. The van der Waals surface area contributed by atoms with Gasteiger partial charge in [-0.25, -0.2) is 9.48 Å². The molecule has 0 radical (unpaired) electrons. The largest absolute Gasteiger partial charge is 0.394 e. The number of hydrogen-bond donors (Lipinski definition) is 2. The summed E-state index contributed by atoms with van der Waals surface area (Å²) >= 11 is 0. The van der Waals surface area contributed by atoms with E-state index in [4.69, 9.17) is 0 Å². The second kappa shape index (κ2) is 6.62. The van der Waals surface area contributed by atoms with Crippen molar-refractivity contribution in [1.82, 2.24) is 20.0 Å². The Morgan fingerprint density at radius 3 is 2.86 bits per heavy atom. The van der Waals surface area contributed by atoms with Crippen LogP contribution in [0.1, 0.15) is 18.4 Å². The summed E-state index contributed by atoms with van der Waals surface area (Å²) in [5, 5.41) is 16.4. The number of aliphatic hydroxyl groups is 1. The fraction of sp³-hybridized carbons (Fsp3) is 0.375. The van der Waals surface area contributed by atoms with Crippen LogP contribution in [0.15, 0.2) is 42.7 Å². The van der Waals surface area contributed by atoms with Crippen molar-refractivity contribution >= 4 is 6.03 Å². The number of nitrogens with zero attached hydrogens (tertiary/aromatic N) is 3. The highest BCUT2D eigenvalue weighted by Crippen LogP contribution is 2.16. The Labute approximate surface area is 129 Å². The summed E-state index contributed by atoms with van der Waals surface area (Å²) in [7, 11) is 0. The van der Waals surface area contributed by atoms with E-state index in [1.165, 1.54) is 0 Å². The predicted molar refractivity (Wildman–Crippen MR) is 82.6 cm³/mol. The number of benzene rings is 1. The highest BCUT2D eigenvalue weighted by atomic mass is 16.3. The van der Waals surface area contributed by atoms with Gasteiger partial charge in [0.25, 0.3) is 0 Å². The number of amides is 2. The third-order valence-corrected chi connectivity index (χ3v) is 4.00. The SMILES string of the molecule is O=C(NCc1ccc(-n2cccn2)cc1)N1CCCC1CO. The van der Waals surface area contributed by atoms with E-state index in [9.17, 15) is 9.90 Å². The van der Waals surface area contributed by atoms with Crippen molar-refractivity contribution in [3.63, 3.8) is 0 Å². The van der Waals surface area contributed by atoms with Gasteiger partial charge >= 0.3 is 6.03 Å². The molecule has 0 spiro atoms. The number of hydrogen-bond acceptors (Lipinski definition) is 3. The van der Waals surface area contributed by atoms with Gasteiger partial charge in [0.2, 0.25) is 0 Å². The third-order valence-electron chi connectivity index (χ3n) is 4.00. The minimum atomic E-state index is -0.104. The highest BCUT2D eigenvalue weighted by molar-refractivity contribution is 5.74. The second-order valence-electron chi connectivity index (χ2n) is 5.45. The van der Waals surface area contributed by atoms with E-state index in [1.54, 1.807) is 15.8 Å². The third kappa shape index (κ3) is 3.12. The normalized spacial score (nSPS) is 17.7. The molecule has 1 fully saturated rings. The summed E-state index contributed by atoms with van der Waals surface area (Å²) in [5.41, 5.74) is 2.02. The molecule has 6 nitrogen and oxygen atoms in total. The van der Waals surface area contributed by atoms with E-state index < -0.39 is 0 Å². The molecule has 0 aliphatic carbocycles. The molecule has 1 aromatic heterocycles. The average molecular weight is 300 g/mol. The maximum absolute atomic E-state index is 12.1. The molecule has 116 valence electrons. The average Bonchev–Trinajstić information content (AvgIpc) is 3.24. The molecule has 1 unspecified atom stereocenters. The number of nitrogens with one attached hydrogen (secondary N) is 1. The molecule has 2 amide bonds. The van der Waals surface area contributed by atoms with Crippen molar-refractivity contribution < 1.29 is 9.90 Å². The number of aromatic nitrogens is 2. The van der Waals surface area contributed by atoms with Crippen molar-refractivity contribution in [2.75, 3.05) is 13.2 Å². The zero-order valence-corrected chi connectivity index (χ0v) is 12.4. The summed E-state index contributed by atoms with van der Waals surface area (Å²) in [4.78, 5) is 13.9. The summed E-state index contributed by atoms with van der Waals surface area (Å²) in [6.07, 6.45) is 5.46. The zero-order chi connectivity index (χ0) is 15.4. The lowest BCUT2D eigenvalue weighted by molar-refractivity contribution is 0.157. The zero-order valence-electron chi connectivity index (χ0n) is 12.4. The number of aliphatic hydroxyl groups excluding tert-OH is 1. The van der Waals surface area contributed by atoms with E-state index >= 15 is 0 Å². The molecule has 1 aliphatic heterocycles. The Balaban J connectivity index is 1.56. The first-order valence-electron chi connectivity index (χ1n) is 7.52. The van der Waals surface area contributed by atoms with Crippen molar-refractivity contribution in [2.45, 2.75) is 25.4 Å². The fourth-order valence-corrected chi connectivity index (χ4v) is 2.76. The molecule has 2 N–H and O–H groups in total. The predicted octanol–water partition coefficient (Wildman–Crippen LogP) is 1.54. The molecule has 3 rings (SSSR count). The minimum Gasteiger partial charge on any atom is -0.394 e. The van der Waals surface area contributed by atoms with Gasteiger partial charge in [-0.3, -0.25) is 0 Å². The number of likely N-dealkylation sites (tertiary alicyclic amines) is 1. The summed E-state index contributed by atoms with van der Waals surface area (Å²) in [6.45, 7) is 1.23. The molecule has 2 aromatic rings. The van der Waals surface area contributed by atoms with Crippen molar-refractivity contribution in [3.8, 4) is 5.69 Å².